The van der Waals surface area contributed by atoms with Crippen molar-refractivity contribution in [2.45, 2.75) is 19.9 Å². The summed E-state index contributed by atoms with van der Waals surface area (Å²) in [5.74, 6) is -0.139. The van der Waals surface area contributed by atoms with Crippen molar-refractivity contribution in [3.8, 4) is 0 Å². The van der Waals surface area contributed by atoms with E-state index in [1.807, 2.05) is 6.92 Å². The van der Waals surface area contributed by atoms with Crippen LogP contribution in [0.4, 0.5) is 4.39 Å². The lowest BCUT2D eigenvalue weighted by Crippen LogP contribution is -2.25. The third-order valence-electron chi connectivity index (χ3n) is 3.44. The molecule has 1 N–H and O–H groups in total. The number of hydrogen-bond acceptors (Lipinski definition) is 1. The molecular weight excluding hydrogens is 203 g/mol. The number of hydrogen-bond donors (Lipinski definition) is 1. The lowest BCUT2D eigenvalue weighted by atomic mass is 10.0. The summed E-state index contributed by atoms with van der Waals surface area (Å²) < 4.78 is 13.4. The van der Waals surface area contributed by atoms with Gasteiger partial charge in [-0.15, -0.1) is 0 Å². The zero-order valence-electron chi connectivity index (χ0n) is 9.60. The summed E-state index contributed by atoms with van der Waals surface area (Å²) in [4.78, 5) is 5.71. The van der Waals surface area contributed by atoms with Gasteiger partial charge in [-0.2, -0.15) is 0 Å². The van der Waals surface area contributed by atoms with Crippen LogP contribution in [0.2, 0.25) is 0 Å². The molecule has 2 aromatic rings. The van der Waals surface area contributed by atoms with Crippen molar-refractivity contribution in [2.24, 2.45) is 0 Å². The van der Waals surface area contributed by atoms with Crippen LogP contribution < -0.4 is 0 Å². The first kappa shape index (κ1) is 9.85. The number of benzene rings is 1. The first-order valence-corrected chi connectivity index (χ1v) is 5.63. The number of aromatic amines is 1. The van der Waals surface area contributed by atoms with E-state index in [0.29, 0.717) is 0 Å². The van der Waals surface area contributed by atoms with Gasteiger partial charge in [-0.05, 0) is 37.2 Å². The van der Waals surface area contributed by atoms with Gasteiger partial charge in [0.05, 0.1) is 0 Å². The average molecular weight is 218 g/mol. The van der Waals surface area contributed by atoms with Crippen molar-refractivity contribution >= 4 is 10.9 Å². The van der Waals surface area contributed by atoms with Crippen LogP contribution in [-0.4, -0.2) is 23.5 Å². The molecule has 16 heavy (non-hydrogen) atoms. The smallest absolute Gasteiger partial charge is 0.124 e. The maximum absolute atomic E-state index is 13.4. The number of rotatable bonds is 0. The number of nitrogens with zero attached hydrogens (tertiary/aromatic N) is 1. The Kier molecular flexibility index (Phi) is 2.04. The van der Waals surface area contributed by atoms with Crippen LogP contribution in [0.5, 0.6) is 0 Å². The van der Waals surface area contributed by atoms with Crippen molar-refractivity contribution in [3.05, 3.63) is 34.8 Å². The highest BCUT2D eigenvalue weighted by atomic mass is 19.1. The second-order valence-corrected chi connectivity index (χ2v) is 4.72. The molecule has 0 amide bonds. The maximum Gasteiger partial charge on any atom is 0.124 e. The number of H-pyrrole nitrogens is 1. The third-order valence-corrected chi connectivity index (χ3v) is 3.44. The molecule has 3 rings (SSSR count). The molecule has 2 nitrogen and oxygen atoms in total. The van der Waals surface area contributed by atoms with Crippen LogP contribution in [-0.2, 0) is 13.0 Å². The summed E-state index contributed by atoms with van der Waals surface area (Å²) in [7, 11) is 2.11. The lowest BCUT2D eigenvalue weighted by Gasteiger charge is -2.22. The predicted octanol–water partition coefficient (Wildman–Crippen LogP) is 2.60. The van der Waals surface area contributed by atoms with E-state index in [2.05, 4.69) is 16.9 Å². The molecule has 0 spiro atoms. The fraction of sp³-hybridized carbons (Fsp3) is 0.385. The van der Waals surface area contributed by atoms with Gasteiger partial charge in [0.15, 0.2) is 0 Å². The Morgan fingerprint density at radius 2 is 2.19 bits per heavy atom. The monoisotopic (exact) mass is 218 g/mol. The fourth-order valence-corrected chi connectivity index (χ4v) is 2.58. The van der Waals surface area contributed by atoms with E-state index in [4.69, 9.17) is 0 Å². The van der Waals surface area contributed by atoms with Gasteiger partial charge < -0.3 is 9.88 Å². The first-order chi connectivity index (χ1) is 7.65. The average Bonchev–Trinajstić information content (AvgIpc) is 2.57. The second-order valence-electron chi connectivity index (χ2n) is 4.72. The highest BCUT2D eigenvalue weighted by Crippen LogP contribution is 2.29. The van der Waals surface area contributed by atoms with Crippen LogP contribution in [0, 0.1) is 12.7 Å². The molecule has 0 saturated carbocycles. The van der Waals surface area contributed by atoms with Crippen LogP contribution in [0.1, 0.15) is 16.8 Å². The van der Waals surface area contributed by atoms with Gasteiger partial charge in [-0.25, -0.2) is 4.39 Å². The van der Waals surface area contributed by atoms with Crippen LogP contribution in [0.25, 0.3) is 10.9 Å². The zero-order valence-corrected chi connectivity index (χ0v) is 9.60. The van der Waals surface area contributed by atoms with E-state index < -0.39 is 0 Å². The fourth-order valence-electron chi connectivity index (χ4n) is 2.58. The standard InChI is InChI=1S/C13H15FN2/c1-8-5-9(14)6-10-11-7-16(2)4-3-12(11)15-13(8)10/h5-6,15H,3-4,7H2,1-2H3. The molecule has 1 aliphatic rings. The van der Waals surface area contributed by atoms with Gasteiger partial charge in [0.1, 0.15) is 5.82 Å². The number of aryl methyl sites for hydroxylation is 1. The number of aromatic nitrogens is 1. The third kappa shape index (κ3) is 1.35. The Labute approximate surface area is 94.1 Å². The summed E-state index contributed by atoms with van der Waals surface area (Å²) in [6.07, 6.45) is 1.03. The zero-order chi connectivity index (χ0) is 11.3. The van der Waals surface area contributed by atoms with E-state index in [9.17, 15) is 4.39 Å². The first-order valence-electron chi connectivity index (χ1n) is 5.63. The largest absolute Gasteiger partial charge is 0.358 e. The molecule has 1 aliphatic heterocycles. The molecule has 1 aromatic carbocycles. The lowest BCUT2D eigenvalue weighted by molar-refractivity contribution is 0.313. The predicted molar refractivity (Wildman–Crippen MR) is 63.0 cm³/mol. The van der Waals surface area contributed by atoms with Gasteiger partial charge in [0.25, 0.3) is 0 Å². The number of fused-ring (bicyclic) bond motifs is 3. The minimum atomic E-state index is -0.139. The Balaban J connectivity index is 2.30. The van der Waals surface area contributed by atoms with Crippen molar-refractivity contribution in [1.29, 1.82) is 0 Å². The van der Waals surface area contributed by atoms with Crippen molar-refractivity contribution < 1.29 is 4.39 Å². The van der Waals surface area contributed by atoms with Crippen LogP contribution in [0.15, 0.2) is 12.1 Å². The maximum atomic E-state index is 13.4. The molecule has 0 bridgehead atoms. The molecular formula is C13H15FN2. The molecule has 0 fully saturated rings. The van der Waals surface area contributed by atoms with E-state index in [1.165, 1.54) is 11.3 Å². The number of likely N-dealkylation sites (N-methyl/N-ethyl adjacent to an activating group) is 1. The Hall–Kier alpha value is -1.35. The number of nitrogens with one attached hydrogen (secondary N) is 1. The Bertz CT molecular complexity index is 557. The summed E-state index contributed by atoms with van der Waals surface area (Å²) >= 11 is 0. The van der Waals surface area contributed by atoms with Crippen molar-refractivity contribution in [2.75, 3.05) is 13.6 Å². The van der Waals surface area contributed by atoms with E-state index in [1.54, 1.807) is 12.1 Å². The topological polar surface area (TPSA) is 19.0 Å². The molecule has 0 atom stereocenters. The van der Waals surface area contributed by atoms with E-state index >= 15 is 0 Å². The van der Waals surface area contributed by atoms with Gasteiger partial charge in [-0.3, -0.25) is 0 Å². The molecule has 0 radical (unpaired) electrons. The molecule has 0 saturated heterocycles. The van der Waals surface area contributed by atoms with Crippen LogP contribution in [0.3, 0.4) is 0 Å². The molecule has 3 heteroatoms. The summed E-state index contributed by atoms with van der Waals surface area (Å²) in [5, 5.41) is 1.05. The minimum Gasteiger partial charge on any atom is -0.358 e. The number of halogens is 1. The normalized spacial score (nSPS) is 16.7. The van der Waals surface area contributed by atoms with Crippen molar-refractivity contribution in [1.82, 2.24) is 9.88 Å². The molecule has 0 aliphatic carbocycles. The minimum absolute atomic E-state index is 0.139. The Morgan fingerprint density at radius 1 is 1.38 bits per heavy atom. The molecule has 84 valence electrons. The summed E-state index contributed by atoms with van der Waals surface area (Å²) in [6.45, 7) is 3.94. The molecule has 1 aromatic heterocycles. The highest BCUT2D eigenvalue weighted by molar-refractivity contribution is 5.87. The Morgan fingerprint density at radius 3 is 3.00 bits per heavy atom. The summed E-state index contributed by atoms with van der Waals surface area (Å²) in [6, 6.07) is 3.24. The summed E-state index contributed by atoms with van der Waals surface area (Å²) in [5.41, 5.74) is 4.64. The second kappa shape index (κ2) is 3.32. The quantitative estimate of drug-likeness (QED) is 0.720. The van der Waals surface area contributed by atoms with Crippen LogP contribution >= 0.6 is 0 Å². The van der Waals surface area contributed by atoms with Gasteiger partial charge in [0, 0.05) is 36.1 Å². The van der Waals surface area contributed by atoms with Gasteiger partial charge in [0.2, 0.25) is 0 Å². The van der Waals surface area contributed by atoms with E-state index in [0.717, 1.165) is 36.0 Å². The molecule has 2 heterocycles. The van der Waals surface area contributed by atoms with E-state index in [-0.39, 0.29) is 5.82 Å². The van der Waals surface area contributed by atoms with Gasteiger partial charge in [-0.1, -0.05) is 0 Å². The van der Waals surface area contributed by atoms with Crippen molar-refractivity contribution in [3.63, 3.8) is 0 Å². The highest BCUT2D eigenvalue weighted by Gasteiger charge is 2.19. The van der Waals surface area contributed by atoms with Gasteiger partial charge >= 0.3 is 0 Å². The molecule has 0 unspecified atom stereocenters. The SMILES string of the molecule is Cc1cc(F)cc2c3c([nH]c12)CCN(C)C3.